The molecule has 0 aliphatic heterocycles. The molecule has 0 saturated heterocycles. The molecule has 0 bridgehead atoms. The fourth-order valence-corrected chi connectivity index (χ4v) is 1.65. The van der Waals surface area contributed by atoms with E-state index in [1.54, 1.807) is 32.3 Å². The van der Waals surface area contributed by atoms with Gasteiger partial charge in [-0.2, -0.15) is 0 Å². The SMILES string of the molecule is CC[C@H](N)C(=O)Nc1cccc(C(=O)N(C)C)c1C.Cl. The normalized spacial score (nSPS) is 11.2. The standard InChI is InChI=1S/C14H21N3O2.ClH/c1-5-11(15)13(18)16-12-8-6-7-10(9(12)2)14(19)17(3)4;/h6-8,11H,5,15H2,1-4H3,(H,16,18);1H/t11-;/m0./s1. The summed E-state index contributed by atoms with van der Waals surface area (Å²) in [7, 11) is 3.39. The van der Waals surface area contributed by atoms with Crippen LogP contribution >= 0.6 is 12.4 Å². The third-order valence-corrected chi connectivity index (χ3v) is 3.00. The molecule has 1 aromatic rings. The van der Waals surface area contributed by atoms with E-state index < -0.39 is 6.04 Å². The molecule has 1 aromatic carbocycles. The quantitative estimate of drug-likeness (QED) is 0.890. The van der Waals surface area contributed by atoms with Gasteiger partial charge >= 0.3 is 0 Å². The van der Waals surface area contributed by atoms with Crippen LogP contribution in [0.15, 0.2) is 18.2 Å². The molecule has 1 rings (SSSR count). The highest BCUT2D eigenvalue weighted by atomic mass is 35.5. The van der Waals surface area contributed by atoms with E-state index in [0.29, 0.717) is 17.7 Å². The Morgan fingerprint density at radius 2 is 1.95 bits per heavy atom. The first-order chi connectivity index (χ1) is 8.88. The van der Waals surface area contributed by atoms with Crippen LogP contribution in [0.2, 0.25) is 0 Å². The average molecular weight is 300 g/mol. The molecule has 0 aliphatic carbocycles. The van der Waals surface area contributed by atoms with E-state index in [4.69, 9.17) is 5.73 Å². The van der Waals surface area contributed by atoms with Crippen molar-refractivity contribution in [3.05, 3.63) is 29.3 Å². The van der Waals surface area contributed by atoms with Crippen LogP contribution in [0.5, 0.6) is 0 Å². The maximum absolute atomic E-state index is 12.0. The first kappa shape index (κ1) is 18.4. The second kappa shape index (κ2) is 7.87. The molecule has 0 spiro atoms. The molecule has 112 valence electrons. The molecule has 5 nitrogen and oxygen atoms in total. The van der Waals surface area contributed by atoms with Gasteiger partial charge in [0.2, 0.25) is 5.91 Å². The molecule has 0 radical (unpaired) electrons. The van der Waals surface area contributed by atoms with E-state index in [-0.39, 0.29) is 24.2 Å². The van der Waals surface area contributed by atoms with Gasteiger partial charge in [-0.25, -0.2) is 0 Å². The molecular formula is C14H22ClN3O2. The molecule has 0 heterocycles. The molecule has 20 heavy (non-hydrogen) atoms. The Hall–Kier alpha value is -1.59. The van der Waals surface area contributed by atoms with Gasteiger partial charge in [0.05, 0.1) is 6.04 Å². The summed E-state index contributed by atoms with van der Waals surface area (Å²) in [5.41, 5.74) is 7.62. The molecule has 3 N–H and O–H groups in total. The van der Waals surface area contributed by atoms with Gasteiger partial charge in [-0.3, -0.25) is 9.59 Å². The van der Waals surface area contributed by atoms with E-state index in [9.17, 15) is 9.59 Å². The summed E-state index contributed by atoms with van der Waals surface area (Å²) >= 11 is 0. The maximum Gasteiger partial charge on any atom is 0.253 e. The molecule has 0 unspecified atom stereocenters. The lowest BCUT2D eigenvalue weighted by Gasteiger charge is -2.16. The zero-order chi connectivity index (χ0) is 14.6. The van der Waals surface area contributed by atoms with Gasteiger partial charge < -0.3 is 16.0 Å². The monoisotopic (exact) mass is 299 g/mol. The Labute approximate surface area is 125 Å². The van der Waals surface area contributed by atoms with E-state index in [1.807, 2.05) is 13.8 Å². The van der Waals surface area contributed by atoms with Crippen molar-refractivity contribution in [2.75, 3.05) is 19.4 Å². The topological polar surface area (TPSA) is 75.4 Å². The lowest BCUT2D eigenvalue weighted by molar-refractivity contribution is -0.117. The summed E-state index contributed by atoms with van der Waals surface area (Å²) in [6.45, 7) is 3.66. The van der Waals surface area contributed by atoms with Crippen LogP contribution in [0.25, 0.3) is 0 Å². The van der Waals surface area contributed by atoms with Crippen molar-refractivity contribution in [3.63, 3.8) is 0 Å². The maximum atomic E-state index is 12.0. The molecule has 2 amide bonds. The van der Waals surface area contributed by atoms with Gasteiger partial charge in [0, 0.05) is 25.3 Å². The number of rotatable bonds is 4. The fraction of sp³-hybridized carbons (Fsp3) is 0.429. The minimum absolute atomic E-state index is 0. The zero-order valence-electron chi connectivity index (χ0n) is 12.3. The largest absolute Gasteiger partial charge is 0.345 e. The Morgan fingerprint density at radius 3 is 2.45 bits per heavy atom. The molecule has 6 heteroatoms. The number of anilines is 1. The van der Waals surface area contributed by atoms with Crippen LogP contribution in [0, 0.1) is 6.92 Å². The second-order valence-corrected chi connectivity index (χ2v) is 4.68. The zero-order valence-corrected chi connectivity index (χ0v) is 13.1. The summed E-state index contributed by atoms with van der Waals surface area (Å²) in [5.74, 6) is -0.326. The van der Waals surface area contributed by atoms with Crippen molar-refractivity contribution in [3.8, 4) is 0 Å². The molecule has 0 aromatic heterocycles. The van der Waals surface area contributed by atoms with E-state index in [0.717, 1.165) is 5.56 Å². The number of carbonyl (C=O) groups excluding carboxylic acids is 2. The van der Waals surface area contributed by atoms with Gasteiger partial charge in [-0.15, -0.1) is 12.4 Å². The number of benzene rings is 1. The van der Waals surface area contributed by atoms with Crippen molar-refractivity contribution in [1.82, 2.24) is 4.90 Å². The summed E-state index contributed by atoms with van der Waals surface area (Å²) in [6, 6.07) is 4.72. The first-order valence-electron chi connectivity index (χ1n) is 6.26. The summed E-state index contributed by atoms with van der Waals surface area (Å²) in [5, 5.41) is 2.76. The highest BCUT2D eigenvalue weighted by Crippen LogP contribution is 2.20. The Balaban J connectivity index is 0.00000361. The molecule has 0 aliphatic rings. The van der Waals surface area contributed by atoms with E-state index >= 15 is 0 Å². The highest BCUT2D eigenvalue weighted by Gasteiger charge is 2.16. The van der Waals surface area contributed by atoms with Gasteiger partial charge in [-0.05, 0) is 31.0 Å². The molecule has 0 fully saturated rings. The lowest BCUT2D eigenvalue weighted by atomic mass is 10.1. The van der Waals surface area contributed by atoms with E-state index in [1.165, 1.54) is 4.90 Å². The Morgan fingerprint density at radius 1 is 1.35 bits per heavy atom. The summed E-state index contributed by atoms with van der Waals surface area (Å²) < 4.78 is 0. The molecule has 0 saturated carbocycles. The van der Waals surface area contributed by atoms with Gasteiger partial charge in [0.15, 0.2) is 0 Å². The fourth-order valence-electron chi connectivity index (χ4n) is 1.65. The molecule has 1 atom stereocenters. The van der Waals surface area contributed by atoms with Crippen LogP contribution in [-0.2, 0) is 4.79 Å². The number of amides is 2. The minimum atomic E-state index is -0.535. The van der Waals surface area contributed by atoms with Crippen LogP contribution in [0.1, 0.15) is 29.3 Å². The van der Waals surface area contributed by atoms with Crippen molar-refractivity contribution >= 4 is 29.9 Å². The van der Waals surface area contributed by atoms with Gasteiger partial charge in [0.1, 0.15) is 0 Å². The van der Waals surface area contributed by atoms with Crippen molar-refractivity contribution in [2.24, 2.45) is 5.73 Å². The number of hydrogen-bond acceptors (Lipinski definition) is 3. The molecular weight excluding hydrogens is 278 g/mol. The third-order valence-electron chi connectivity index (χ3n) is 3.00. The highest BCUT2D eigenvalue weighted by molar-refractivity contribution is 6.00. The average Bonchev–Trinajstić information content (AvgIpc) is 2.39. The van der Waals surface area contributed by atoms with Gasteiger partial charge in [-0.1, -0.05) is 13.0 Å². The van der Waals surface area contributed by atoms with Crippen LogP contribution < -0.4 is 11.1 Å². The predicted octanol–water partition coefficient (Wildman–Crippen LogP) is 1.79. The number of carbonyl (C=O) groups is 2. The predicted molar refractivity (Wildman–Crippen MR) is 83.3 cm³/mol. The number of halogens is 1. The number of hydrogen-bond donors (Lipinski definition) is 2. The minimum Gasteiger partial charge on any atom is -0.345 e. The summed E-state index contributed by atoms with van der Waals surface area (Å²) in [4.78, 5) is 25.3. The van der Waals surface area contributed by atoms with Crippen LogP contribution in [0.4, 0.5) is 5.69 Å². The smallest absolute Gasteiger partial charge is 0.253 e. The number of nitrogens with one attached hydrogen (secondary N) is 1. The lowest BCUT2D eigenvalue weighted by Crippen LogP contribution is -2.35. The van der Waals surface area contributed by atoms with Crippen LogP contribution in [-0.4, -0.2) is 36.9 Å². The van der Waals surface area contributed by atoms with Gasteiger partial charge in [0.25, 0.3) is 5.91 Å². The number of nitrogens with two attached hydrogens (primary N) is 1. The van der Waals surface area contributed by atoms with Crippen molar-refractivity contribution in [1.29, 1.82) is 0 Å². The Kier molecular flexibility index (Phi) is 7.24. The second-order valence-electron chi connectivity index (χ2n) is 4.68. The number of nitrogens with zero attached hydrogens (tertiary/aromatic N) is 1. The first-order valence-corrected chi connectivity index (χ1v) is 6.26. The van der Waals surface area contributed by atoms with E-state index in [2.05, 4.69) is 5.32 Å². The van der Waals surface area contributed by atoms with Crippen molar-refractivity contribution in [2.45, 2.75) is 26.3 Å². The third kappa shape index (κ3) is 4.21. The van der Waals surface area contributed by atoms with Crippen LogP contribution in [0.3, 0.4) is 0 Å². The Bertz CT molecular complexity index is 489. The van der Waals surface area contributed by atoms with Crippen molar-refractivity contribution < 1.29 is 9.59 Å². The summed E-state index contributed by atoms with van der Waals surface area (Å²) in [6.07, 6.45) is 0.571.